The van der Waals surface area contributed by atoms with Gasteiger partial charge in [-0.1, -0.05) is 0 Å². The molecule has 16 heavy (non-hydrogen) atoms. The minimum Gasteiger partial charge on any atom is -0.462 e. The van der Waals surface area contributed by atoms with Crippen molar-refractivity contribution in [2.45, 2.75) is 6.92 Å². The summed E-state index contributed by atoms with van der Waals surface area (Å²) < 4.78 is 4.82. The smallest absolute Gasteiger partial charge is 0.338 e. The second kappa shape index (κ2) is 6.68. The van der Waals surface area contributed by atoms with E-state index in [1.807, 2.05) is 0 Å². The lowest BCUT2D eigenvalue weighted by molar-refractivity contribution is 0.0526. The third-order valence-electron chi connectivity index (χ3n) is 1.64. The summed E-state index contributed by atoms with van der Waals surface area (Å²) in [4.78, 5) is 15.1. The van der Waals surface area contributed by atoms with E-state index in [1.165, 1.54) is 0 Å². The fourth-order valence-electron chi connectivity index (χ4n) is 1.04. The Kier molecular flexibility index (Phi) is 5.95. The molecule has 4 N–H and O–H groups in total. The normalized spacial score (nSPS) is 8.81. The largest absolute Gasteiger partial charge is 0.462 e. The van der Waals surface area contributed by atoms with Crippen LogP contribution in [0.5, 0.6) is 0 Å². The van der Waals surface area contributed by atoms with Crippen LogP contribution in [0.15, 0.2) is 29.3 Å². The summed E-state index contributed by atoms with van der Waals surface area (Å²) in [7, 11) is 0. The summed E-state index contributed by atoms with van der Waals surface area (Å²) in [5.41, 5.74) is 11.5. The zero-order valence-corrected chi connectivity index (χ0v) is 9.66. The van der Waals surface area contributed by atoms with Crippen molar-refractivity contribution in [2.75, 3.05) is 6.61 Å². The van der Waals surface area contributed by atoms with E-state index < -0.39 is 0 Å². The van der Waals surface area contributed by atoms with Gasteiger partial charge in [-0.3, -0.25) is 0 Å². The number of nitrogens with zero attached hydrogens (tertiary/aromatic N) is 1. The zero-order chi connectivity index (χ0) is 11.3. The lowest BCUT2D eigenvalue weighted by Gasteiger charge is -2.01. The van der Waals surface area contributed by atoms with E-state index in [9.17, 15) is 4.79 Å². The van der Waals surface area contributed by atoms with E-state index in [4.69, 9.17) is 16.2 Å². The number of hydrogen-bond acceptors (Lipinski definition) is 3. The number of carbonyl (C=O) groups is 1. The van der Waals surface area contributed by atoms with Crippen LogP contribution in [-0.4, -0.2) is 18.5 Å². The van der Waals surface area contributed by atoms with Gasteiger partial charge in [-0.05, 0) is 31.2 Å². The molecule has 6 heteroatoms. The van der Waals surface area contributed by atoms with Crippen LogP contribution in [0, 0.1) is 0 Å². The lowest BCUT2D eigenvalue weighted by Crippen LogP contribution is -2.21. The number of guanidine groups is 1. The van der Waals surface area contributed by atoms with Gasteiger partial charge in [0.15, 0.2) is 5.96 Å². The monoisotopic (exact) mass is 243 g/mol. The molecule has 0 aliphatic heterocycles. The first kappa shape index (κ1) is 14.2. The number of nitrogens with two attached hydrogens (primary N) is 2. The maximum absolute atomic E-state index is 11.3. The average molecular weight is 244 g/mol. The van der Waals surface area contributed by atoms with Crippen molar-refractivity contribution in [1.29, 1.82) is 0 Å². The van der Waals surface area contributed by atoms with E-state index in [0.717, 1.165) is 0 Å². The van der Waals surface area contributed by atoms with E-state index in [-0.39, 0.29) is 24.3 Å². The molecule has 0 bridgehead atoms. The Morgan fingerprint density at radius 1 is 1.31 bits per heavy atom. The molecule has 0 aromatic heterocycles. The highest BCUT2D eigenvalue weighted by Crippen LogP contribution is 2.13. The lowest BCUT2D eigenvalue weighted by atomic mass is 10.2. The van der Waals surface area contributed by atoms with Crippen LogP contribution in [0.1, 0.15) is 17.3 Å². The van der Waals surface area contributed by atoms with Gasteiger partial charge >= 0.3 is 5.97 Å². The maximum atomic E-state index is 11.3. The molecule has 0 heterocycles. The van der Waals surface area contributed by atoms with Gasteiger partial charge < -0.3 is 16.2 Å². The van der Waals surface area contributed by atoms with Crippen molar-refractivity contribution in [3.8, 4) is 0 Å². The summed E-state index contributed by atoms with van der Waals surface area (Å²) in [6.07, 6.45) is 0. The Morgan fingerprint density at radius 2 is 1.88 bits per heavy atom. The number of ether oxygens (including phenoxy) is 1. The fourth-order valence-corrected chi connectivity index (χ4v) is 1.04. The van der Waals surface area contributed by atoms with Crippen molar-refractivity contribution in [1.82, 2.24) is 0 Å². The number of rotatable bonds is 3. The average Bonchev–Trinajstić information content (AvgIpc) is 2.18. The molecule has 1 aromatic rings. The Hall–Kier alpha value is -1.75. The van der Waals surface area contributed by atoms with Crippen LogP contribution in [0.25, 0.3) is 0 Å². The molecule has 5 nitrogen and oxygen atoms in total. The van der Waals surface area contributed by atoms with Crippen LogP contribution in [-0.2, 0) is 4.74 Å². The number of carbonyl (C=O) groups excluding carboxylic acids is 1. The standard InChI is InChI=1S/C10H13N3O2.ClH/c1-2-15-9(14)7-3-5-8(6-4-7)13-10(11)12;/h3-6H,2H2,1H3,(H4,11,12,13);1H. The predicted molar refractivity (Wildman–Crippen MR) is 65.1 cm³/mol. The summed E-state index contributed by atoms with van der Waals surface area (Å²) in [5.74, 6) is -0.368. The molecule has 0 unspecified atom stereocenters. The Morgan fingerprint density at radius 3 is 2.31 bits per heavy atom. The third kappa shape index (κ3) is 4.18. The van der Waals surface area contributed by atoms with Gasteiger partial charge in [0.25, 0.3) is 0 Å². The van der Waals surface area contributed by atoms with E-state index in [0.29, 0.717) is 17.9 Å². The van der Waals surface area contributed by atoms with Crippen LogP contribution >= 0.6 is 12.4 Å². The molecular weight excluding hydrogens is 230 g/mol. The molecule has 1 rings (SSSR count). The fraction of sp³-hybridized carbons (Fsp3) is 0.200. The van der Waals surface area contributed by atoms with Crippen LogP contribution < -0.4 is 11.5 Å². The van der Waals surface area contributed by atoms with Crippen molar-refractivity contribution >= 4 is 30.0 Å². The number of hydrogen-bond donors (Lipinski definition) is 2. The first-order valence-corrected chi connectivity index (χ1v) is 4.50. The van der Waals surface area contributed by atoms with E-state index in [2.05, 4.69) is 4.99 Å². The molecule has 0 fully saturated rings. The summed E-state index contributed by atoms with van der Waals surface area (Å²) in [6.45, 7) is 2.11. The SMILES string of the molecule is CCOC(=O)c1ccc(N=C(N)N)cc1.Cl. The molecule has 0 radical (unpaired) electrons. The van der Waals surface area contributed by atoms with Crippen molar-refractivity contribution < 1.29 is 9.53 Å². The second-order valence-corrected chi connectivity index (χ2v) is 2.80. The van der Waals surface area contributed by atoms with Crippen LogP contribution in [0.2, 0.25) is 0 Å². The van der Waals surface area contributed by atoms with Gasteiger partial charge in [-0.25, -0.2) is 9.79 Å². The molecule has 1 aromatic carbocycles. The topological polar surface area (TPSA) is 90.7 Å². The number of esters is 1. The second-order valence-electron chi connectivity index (χ2n) is 2.80. The summed E-state index contributed by atoms with van der Waals surface area (Å²) in [5, 5.41) is 0. The molecule has 88 valence electrons. The first-order valence-electron chi connectivity index (χ1n) is 4.50. The molecule has 0 amide bonds. The van der Waals surface area contributed by atoms with Gasteiger partial charge in [0.05, 0.1) is 17.9 Å². The predicted octanol–water partition coefficient (Wildman–Crippen LogP) is 1.19. The zero-order valence-electron chi connectivity index (χ0n) is 8.84. The molecule has 0 saturated heterocycles. The highest BCUT2D eigenvalue weighted by atomic mass is 35.5. The first-order chi connectivity index (χ1) is 7.13. The number of aliphatic imine (C=N–C) groups is 1. The van der Waals surface area contributed by atoms with E-state index in [1.54, 1.807) is 31.2 Å². The maximum Gasteiger partial charge on any atom is 0.338 e. The molecule has 0 spiro atoms. The molecule has 0 saturated carbocycles. The van der Waals surface area contributed by atoms with Gasteiger partial charge in [0.1, 0.15) is 0 Å². The summed E-state index contributed by atoms with van der Waals surface area (Å²) in [6, 6.07) is 6.51. The Bertz CT molecular complexity index is 372. The highest BCUT2D eigenvalue weighted by molar-refractivity contribution is 5.90. The summed E-state index contributed by atoms with van der Waals surface area (Å²) >= 11 is 0. The van der Waals surface area contributed by atoms with Crippen molar-refractivity contribution in [3.05, 3.63) is 29.8 Å². The molecule has 0 atom stereocenters. The molecular formula is C10H14ClN3O2. The van der Waals surface area contributed by atoms with Crippen LogP contribution in [0.3, 0.4) is 0 Å². The quantitative estimate of drug-likeness (QED) is 0.474. The Labute approximate surface area is 99.9 Å². The Balaban J connectivity index is 0.00000225. The van der Waals surface area contributed by atoms with Gasteiger partial charge in [-0.2, -0.15) is 0 Å². The number of halogens is 1. The minimum absolute atomic E-state index is 0. The molecule has 0 aliphatic rings. The van der Waals surface area contributed by atoms with Crippen molar-refractivity contribution in [2.24, 2.45) is 16.5 Å². The van der Waals surface area contributed by atoms with Gasteiger partial charge in [-0.15, -0.1) is 12.4 Å². The highest BCUT2D eigenvalue weighted by Gasteiger charge is 2.04. The van der Waals surface area contributed by atoms with Crippen LogP contribution in [0.4, 0.5) is 5.69 Å². The number of benzene rings is 1. The third-order valence-corrected chi connectivity index (χ3v) is 1.64. The molecule has 0 aliphatic carbocycles. The van der Waals surface area contributed by atoms with E-state index >= 15 is 0 Å². The minimum atomic E-state index is -0.353. The van der Waals surface area contributed by atoms with Gasteiger partial charge in [0, 0.05) is 0 Å². The van der Waals surface area contributed by atoms with Crippen molar-refractivity contribution in [3.63, 3.8) is 0 Å². The van der Waals surface area contributed by atoms with Gasteiger partial charge in [0.2, 0.25) is 0 Å².